The van der Waals surface area contributed by atoms with Gasteiger partial charge in [-0.15, -0.1) is 0 Å². The summed E-state index contributed by atoms with van der Waals surface area (Å²) in [7, 11) is 0. The number of carbonyl (C=O) groups is 1. The summed E-state index contributed by atoms with van der Waals surface area (Å²) in [5.41, 5.74) is 0.760. The van der Waals surface area contributed by atoms with Gasteiger partial charge in [0.15, 0.2) is 12.4 Å². The lowest BCUT2D eigenvalue weighted by Crippen LogP contribution is -2.23. The van der Waals surface area contributed by atoms with Gasteiger partial charge in [0.05, 0.1) is 0 Å². The van der Waals surface area contributed by atoms with Crippen LogP contribution in [0.1, 0.15) is 25.5 Å². The second-order valence-electron chi connectivity index (χ2n) is 3.68. The maximum atomic E-state index is 11.7. The van der Waals surface area contributed by atoms with Crippen LogP contribution in [0.25, 0.3) is 0 Å². The third-order valence-corrected chi connectivity index (χ3v) is 1.82. The molecule has 0 aliphatic heterocycles. The van der Waals surface area contributed by atoms with E-state index in [2.05, 4.69) is 20.3 Å². The standard InChI is InChI=1S/C9H12F3N3O2/c1-5(2)6-3-7(15-14-6)13-8(16)17-4-9(10,11)12/h3,5H,4H2,1-2H3,(H2,13,14,15,16). The number of H-pyrrole nitrogens is 1. The minimum atomic E-state index is -4.54. The van der Waals surface area contributed by atoms with Crippen LogP contribution in [-0.2, 0) is 4.74 Å². The highest BCUT2D eigenvalue weighted by atomic mass is 19.4. The number of anilines is 1. The Bertz CT molecular complexity index is 387. The second-order valence-corrected chi connectivity index (χ2v) is 3.68. The highest BCUT2D eigenvalue weighted by Crippen LogP contribution is 2.16. The first kappa shape index (κ1) is 13.3. The third kappa shape index (κ3) is 4.75. The highest BCUT2D eigenvalue weighted by Gasteiger charge is 2.29. The van der Waals surface area contributed by atoms with Crippen molar-refractivity contribution in [3.63, 3.8) is 0 Å². The normalized spacial score (nSPS) is 11.6. The highest BCUT2D eigenvalue weighted by molar-refractivity contribution is 5.83. The Hall–Kier alpha value is -1.73. The molecule has 1 aromatic rings. The summed E-state index contributed by atoms with van der Waals surface area (Å²) >= 11 is 0. The Morgan fingerprint density at radius 1 is 1.59 bits per heavy atom. The van der Waals surface area contributed by atoms with Gasteiger partial charge < -0.3 is 4.74 Å². The van der Waals surface area contributed by atoms with Crippen molar-refractivity contribution >= 4 is 11.9 Å². The summed E-state index contributed by atoms with van der Waals surface area (Å²) in [4.78, 5) is 11.0. The zero-order valence-corrected chi connectivity index (χ0v) is 9.26. The number of alkyl halides is 3. The molecule has 0 atom stereocenters. The van der Waals surface area contributed by atoms with Crippen LogP contribution in [0.4, 0.5) is 23.8 Å². The fraction of sp³-hybridized carbons (Fsp3) is 0.556. The fourth-order valence-electron chi connectivity index (χ4n) is 0.984. The Labute approximate surface area is 95.3 Å². The van der Waals surface area contributed by atoms with Crippen LogP contribution in [0, 0.1) is 0 Å². The summed E-state index contributed by atoms with van der Waals surface area (Å²) in [6.07, 6.45) is -5.73. The molecule has 96 valence electrons. The summed E-state index contributed by atoms with van der Waals surface area (Å²) < 4.78 is 39.2. The van der Waals surface area contributed by atoms with E-state index >= 15 is 0 Å². The maximum absolute atomic E-state index is 11.7. The molecule has 2 N–H and O–H groups in total. The van der Waals surface area contributed by atoms with E-state index in [1.807, 2.05) is 13.8 Å². The van der Waals surface area contributed by atoms with Crippen LogP contribution >= 0.6 is 0 Å². The molecule has 17 heavy (non-hydrogen) atoms. The monoisotopic (exact) mass is 251 g/mol. The number of hydrogen-bond acceptors (Lipinski definition) is 3. The number of aromatic nitrogens is 2. The first-order valence-corrected chi connectivity index (χ1v) is 4.84. The summed E-state index contributed by atoms with van der Waals surface area (Å²) in [6, 6.07) is 1.53. The molecule has 1 amide bonds. The van der Waals surface area contributed by atoms with Crippen LogP contribution in [-0.4, -0.2) is 29.1 Å². The maximum Gasteiger partial charge on any atom is 0.422 e. The summed E-state index contributed by atoms with van der Waals surface area (Å²) in [5.74, 6) is 0.296. The van der Waals surface area contributed by atoms with Crippen molar-refractivity contribution in [3.8, 4) is 0 Å². The Kier molecular flexibility index (Phi) is 3.97. The van der Waals surface area contributed by atoms with Crippen molar-refractivity contribution in [1.82, 2.24) is 10.2 Å². The SMILES string of the molecule is CC(C)c1cc(NC(=O)OCC(F)(F)F)n[nH]1. The zero-order chi connectivity index (χ0) is 13.1. The van der Waals surface area contributed by atoms with E-state index in [0.29, 0.717) is 0 Å². The van der Waals surface area contributed by atoms with Gasteiger partial charge in [-0.3, -0.25) is 10.4 Å². The van der Waals surface area contributed by atoms with E-state index in [9.17, 15) is 18.0 Å². The molecule has 0 unspecified atom stereocenters. The van der Waals surface area contributed by atoms with Crippen LogP contribution in [0.2, 0.25) is 0 Å². The van der Waals surface area contributed by atoms with E-state index < -0.39 is 18.9 Å². The van der Waals surface area contributed by atoms with Crippen LogP contribution in [0.3, 0.4) is 0 Å². The van der Waals surface area contributed by atoms with Crippen molar-refractivity contribution < 1.29 is 22.7 Å². The van der Waals surface area contributed by atoms with Gasteiger partial charge in [0.1, 0.15) is 0 Å². The lowest BCUT2D eigenvalue weighted by molar-refractivity contribution is -0.159. The molecule has 1 rings (SSSR count). The smallest absolute Gasteiger partial charge is 0.422 e. The molecule has 0 aromatic carbocycles. The first-order chi connectivity index (χ1) is 7.78. The van der Waals surface area contributed by atoms with Crippen molar-refractivity contribution in [2.45, 2.75) is 25.9 Å². The number of amides is 1. The number of ether oxygens (including phenoxy) is 1. The van der Waals surface area contributed by atoms with Crippen molar-refractivity contribution in [3.05, 3.63) is 11.8 Å². The van der Waals surface area contributed by atoms with Crippen molar-refractivity contribution in [2.75, 3.05) is 11.9 Å². The third-order valence-electron chi connectivity index (χ3n) is 1.82. The number of carbonyl (C=O) groups excluding carboxylic acids is 1. The van der Waals surface area contributed by atoms with E-state index in [1.54, 1.807) is 0 Å². The van der Waals surface area contributed by atoms with Gasteiger partial charge in [0.2, 0.25) is 0 Å². The summed E-state index contributed by atoms with van der Waals surface area (Å²) in [6.45, 7) is 2.18. The Morgan fingerprint density at radius 3 is 2.71 bits per heavy atom. The second kappa shape index (κ2) is 5.07. The van der Waals surface area contributed by atoms with Crippen LogP contribution in [0.15, 0.2) is 6.07 Å². The van der Waals surface area contributed by atoms with E-state index in [4.69, 9.17) is 0 Å². The van der Waals surface area contributed by atoms with Crippen LogP contribution in [0.5, 0.6) is 0 Å². The number of aromatic amines is 1. The number of rotatable bonds is 3. The van der Waals surface area contributed by atoms with Crippen LogP contribution < -0.4 is 5.32 Å². The molecule has 0 radical (unpaired) electrons. The molecule has 0 aliphatic carbocycles. The minimum Gasteiger partial charge on any atom is -0.440 e. The molecule has 1 aromatic heterocycles. The molecule has 0 saturated heterocycles. The predicted octanol–water partition coefficient (Wildman–Crippen LogP) is 2.64. The molecule has 8 heteroatoms. The van der Waals surface area contributed by atoms with Gasteiger partial charge in [-0.25, -0.2) is 4.79 Å². The molecule has 0 fully saturated rings. The lowest BCUT2D eigenvalue weighted by atomic mass is 10.1. The lowest BCUT2D eigenvalue weighted by Gasteiger charge is -2.07. The van der Waals surface area contributed by atoms with Gasteiger partial charge in [-0.2, -0.15) is 18.3 Å². The molecular weight excluding hydrogens is 239 g/mol. The van der Waals surface area contributed by atoms with Gasteiger partial charge in [0.25, 0.3) is 0 Å². The molecule has 5 nitrogen and oxygen atoms in total. The first-order valence-electron chi connectivity index (χ1n) is 4.84. The van der Waals surface area contributed by atoms with Gasteiger partial charge in [-0.05, 0) is 5.92 Å². The largest absolute Gasteiger partial charge is 0.440 e. The fourth-order valence-corrected chi connectivity index (χ4v) is 0.984. The molecule has 0 bridgehead atoms. The average molecular weight is 251 g/mol. The molecule has 0 aliphatic rings. The van der Waals surface area contributed by atoms with E-state index in [1.165, 1.54) is 6.07 Å². The number of nitrogens with one attached hydrogen (secondary N) is 2. The van der Waals surface area contributed by atoms with E-state index in [-0.39, 0.29) is 11.7 Å². The van der Waals surface area contributed by atoms with Crippen molar-refractivity contribution in [1.29, 1.82) is 0 Å². The summed E-state index contributed by atoms with van der Waals surface area (Å²) in [5, 5.41) is 8.43. The van der Waals surface area contributed by atoms with Gasteiger partial charge in [-0.1, -0.05) is 13.8 Å². The van der Waals surface area contributed by atoms with Gasteiger partial charge >= 0.3 is 12.3 Å². The quantitative estimate of drug-likeness (QED) is 0.867. The Balaban J connectivity index is 2.45. The molecule has 0 spiro atoms. The van der Waals surface area contributed by atoms with E-state index in [0.717, 1.165) is 5.69 Å². The van der Waals surface area contributed by atoms with Gasteiger partial charge in [0, 0.05) is 11.8 Å². The zero-order valence-electron chi connectivity index (χ0n) is 9.26. The Morgan fingerprint density at radius 2 is 2.24 bits per heavy atom. The number of halogens is 3. The molecule has 1 heterocycles. The predicted molar refractivity (Wildman–Crippen MR) is 53.7 cm³/mol. The molecule has 0 saturated carbocycles. The van der Waals surface area contributed by atoms with Crippen molar-refractivity contribution in [2.24, 2.45) is 0 Å². The molecular formula is C9H12F3N3O2. The topological polar surface area (TPSA) is 67.0 Å². The average Bonchev–Trinajstić information content (AvgIpc) is 2.62. The minimum absolute atomic E-state index is 0.126. The number of nitrogens with zero attached hydrogens (tertiary/aromatic N) is 1. The number of hydrogen-bond donors (Lipinski definition) is 2.